The lowest BCUT2D eigenvalue weighted by Gasteiger charge is -2.10. The zero-order valence-electron chi connectivity index (χ0n) is 10.1. The van der Waals surface area contributed by atoms with Gasteiger partial charge in [-0.25, -0.2) is 4.39 Å². The third kappa shape index (κ3) is 4.43. The van der Waals surface area contributed by atoms with Crippen LogP contribution < -0.4 is 10.5 Å². The van der Waals surface area contributed by atoms with Gasteiger partial charge < -0.3 is 10.5 Å². The summed E-state index contributed by atoms with van der Waals surface area (Å²) in [4.78, 5) is 0. The van der Waals surface area contributed by atoms with Crippen LogP contribution in [0.1, 0.15) is 38.2 Å². The molecule has 1 aromatic rings. The third-order valence-electron chi connectivity index (χ3n) is 2.49. The summed E-state index contributed by atoms with van der Waals surface area (Å²) in [5.74, 6) is -0.100. The van der Waals surface area contributed by atoms with Crippen LogP contribution in [0, 0.1) is 11.2 Å². The molecule has 0 saturated carbocycles. The van der Waals surface area contributed by atoms with Gasteiger partial charge in [-0.05, 0) is 24.6 Å². The van der Waals surface area contributed by atoms with Gasteiger partial charge in [-0.3, -0.25) is 5.41 Å². The number of unbranched alkanes of at least 4 members (excludes halogenated alkanes) is 3. The monoisotopic (exact) mass is 238 g/mol. The highest BCUT2D eigenvalue weighted by Crippen LogP contribution is 2.19. The Morgan fingerprint density at radius 2 is 2.12 bits per heavy atom. The number of amidine groups is 1. The molecule has 0 aliphatic carbocycles. The highest BCUT2D eigenvalue weighted by atomic mass is 19.1. The first-order valence-electron chi connectivity index (χ1n) is 5.92. The molecule has 0 aromatic heterocycles. The molecule has 3 N–H and O–H groups in total. The molecule has 0 aliphatic rings. The highest BCUT2D eigenvalue weighted by Gasteiger charge is 2.07. The molecule has 4 heteroatoms. The zero-order valence-corrected chi connectivity index (χ0v) is 10.1. The van der Waals surface area contributed by atoms with E-state index in [1.54, 1.807) is 0 Å². The minimum Gasteiger partial charge on any atom is -0.493 e. The molecule has 0 bridgehead atoms. The second-order valence-corrected chi connectivity index (χ2v) is 3.96. The van der Waals surface area contributed by atoms with Gasteiger partial charge in [0.25, 0.3) is 0 Å². The van der Waals surface area contributed by atoms with E-state index in [4.69, 9.17) is 15.9 Å². The smallest absolute Gasteiger partial charge is 0.130 e. The first-order chi connectivity index (χ1) is 8.15. The number of ether oxygens (including phenoxy) is 1. The normalized spacial score (nSPS) is 10.2. The van der Waals surface area contributed by atoms with Crippen LogP contribution in [0.3, 0.4) is 0 Å². The Balaban J connectivity index is 2.55. The largest absolute Gasteiger partial charge is 0.493 e. The Labute approximate surface area is 101 Å². The van der Waals surface area contributed by atoms with Gasteiger partial charge in [0.15, 0.2) is 0 Å². The topological polar surface area (TPSA) is 59.1 Å². The van der Waals surface area contributed by atoms with Crippen LogP contribution in [0.25, 0.3) is 0 Å². The van der Waals surface area contributed by atoms with Crippen LogP contribution in [-0.2, 0) is 0 Å². The van der Waals surface area contributed by atoms with E-state index >= 15 is 0 Å². The fraction of sp³-hybridized carbons (Fsp3) is 0.462. The van der Waals surface area contributed by atoms with Gasteiger partial charge in [-0.15, -0.1) is 0 Å². The number of hydrogen-bond acceptors (Lipinski definition) is 2. The first kappa shape index (κ1) is 13.5. The van der Waals surface area contributed by atoms with Crippen molar-refractivity contribution in [3.63, 3.8) is 0 Å². The van der Waals surface area contributed by atoms with Crippen LogP contribution >= 0.6 is 0 Å². The average molecular weight is 238 g/mol. The molecular weight excluding hydrogens is 219 g/mol. The standard InChI is InChI=1S/C13H19FN2O/c1-2-3-4-5-8-17-12-7-6-10(14)9-11(12)13(15)16/h6-7,9H,2-5,8H2,1H3,(H3,15,16). The fourth-order valence-electron chi connectivity index (χ4n) is 1.55. The number of nitrogen functional groups attached to an aromatic ring is 1. The summed E-state index contributed by atoms with van der Waals surface area (Å²) in [7, 11) is 0. The second kappa shape index (κ2) is 6.89. The molecule has 0 aliphatic heterocycles. The van der Waals surface area contributed by atoms with Gasteiger partial charge in [0, 0.05) is 0 Å². The van der Waals surface area contributed by atoms with E-state index in [-0.39, 0.29) is 5.84 Å². The van der Waals surface area contributed by atoms with Crippen molar-refractivity contribution in [2.75, 3.05) is 6.61 Å². The fourth-order valence-corrected chi connectivity index (χ4v) is 1.55. The number of benzene rings is 1. The SMILES string of the molecule is CCCCCCOc1ccc(F)cc1C(=N)N. The predicted octanol–water partition coefficient (Wildman–Crippen LogP) is 3.07. The van der Waals surface area contributed by atoms with Gasteiger partial charge in [-0.2, -0.15) is 0 Å². The Morgan fingerprint density at radius 1 is 1.35 bits per heavy atom. The van der Waals surface area contributed by atoms with E-state index < -0.39 is 5.82 Å². The lowest BCUT2D eigenvalue weighted by atomic mass is 10.1. The molecule has 0 spiro atoms. The lowest BCUT2D eigenvalue weighted by molar-refractivity contribution is 0.304. The van der Waals surface area contributed by atoms with Crippen LogP contribution in [-0.4, -0.2) is 12.4 Å². The molecule has 0 saturated heterocycles. The molecule has 0 radical (unpaired) electrons. The zero-order chi connectivity index (χ0) is 12.7. The van der Waals surface area contributed by atoms with Crippen molar-refractivity contribution >= 4 is 5.84 Å². The van der Waals surface area contributed by atoms with E-state index in [0.717, 1.165) is 12.8 Å². The quantitative estimate of drug-likeness (QED) is 0.435. The Bertz CT molecular complexity index is 380. The van der Waals surface area contributed by atoms with Crippen LogP contribution in [0.5, 0.6) is 5.75 Å². The molecule has 0 fully saturated rings. The molecule has 1 rings (SSSR count). The maximum atomic E-state index is 13.0. The molecule has 17 heavy (non-hydrogen) atoms. The highest BCUT2D eigenvalue weighted by molar-refractivity contribution is 5.97. The van der Waals surface area contributed by atoms with Gasteiger partial charge in [0.2, 0.25) is 0 Å². The average Bonchev–Trinajstić information content (AvgIpc) is 2.30. The maximum absolute atomic E-state index is 13.0. The molecular formula is C13H19FN2O. The summed E-state index contributed by atoms with van der Waals surface area (Å²) < 4.78 is 18.5. The van der Waals surface area contributed by atoms with Crippen LogP contribution in [0.2, 0.25) is 0 Å². The van der Waals surface area contributed by atoms with E-state index in [0.29, 0.717) is 17.9 Å². The summed E-state index contributed by atoms with van der Waals surface area (Å²) in [6.45, 7) is 2.72. The van der Waals surface area contributed by atoms with Crippen molar-refractivity contribution in [1.82, 2.24) is 0 Å². The second-order valence-electron chi connectivity index (χ2n) is 3.96. The summed E-state index contributed by atoms with van der Waals surface area (Å²) in [6, 6.07) is 4.06. The Kier molecular flexibility index (Phi) is 5.46. The minimum atomic E-state index is -0.409. The summed E-state index contributed by atoms with van der Waals surface area (Å²) in [5.41, 5.74) is 5.69. The van der Waals surface area contributed by atoms with E-state index in [2.05, 4.69) is 6.92 Å². The molecule has 3 nitrogen and oxygen atoms in total. The van der Waals surface area contributed by atoms with Crippen molar-refractivity contribution in [3.05, 3.63) is 29.6 Å². The van der Waals surface area contributed by atoms with Crippen LogP contribution in [0.15, 0.2) is 18.2 Å². The lowest BCUT2D eigenvalue weighted by Crippen LogP contribution is -2.13. The number of halogens is 1. The summed E-state index contributed by atoms with van der Waals surface area (Å²) in [6.07, 6.45) is 4.44. The Morgan fingerprint density at radius 3 is 2.76 bits per heavy atom. The number of nitrogens with two attached hydrogens (primary N) is 1. The van der Waals surface area contributed by atoms with E-state index in [9.17, 15) is 4.39 Å². The van der Waals surface area contributed by atoms with Crippen molar-refractivity contribution in [3.8, 4) is 5.75 Å². The van der Waals surface area contributed by atoms with Gasteiger partial charge in [0.05, 0.1) is 12.2 Å². The molecule has 0 atom stereocenters. The molecule has 0 amide bonds. The summed E-state index contributed by atoms with van der Waals surface area (Å²) in [5, 5.41) is 7.35. The van der Waals surface area contributed by atoms with Gasteiger partial charge >= 0.3 is 0 Å². The van der Waals surface area contributed by atoms with Gasteiger partial charge in [0.1, 0.15) is 17.4 Å². The van der Waals surface area contributed by atoms with Gasteiger partial charge in [-0.1, -0.05) is 26.2 Å². The predicted molar refractivity (Wildman–Crippen MR) is 67.1 cm³/mol. The molecule has 1 aromatic carbocycles. The molecule has 0 heterocycles. The summed E-state index contributed by atoms with van der Waals surface area (Å²) >= 11 is 0. The number of rotatable bonds is 7. The van der Waals surface area contributed by atoms with Crippen LogP contribution in [0.4, 0.5) is 4.39 Å². The van der Waals surface area contributed by atoms with Crippen molar-refractivity contribution in [1.29, 1.82) is 5.41 Å². The van der Waals surface area contributed by atoms with E-state index in [1.165, 1.54) is 31.0 Å². The molecule has 94 valence electrons. The maximum Gasteiger partial charge on any atom is 0.130 e. The molecule has 0 unspecified atom stereocenters. The Hall–Kier alpha value is -1.58. The first-order valence-corrected chi connectivity index (χ1v) is 5.92. The minimum absolute atomic E-state index is 0.173. The number of nitrogens with one attached hydrogen (secondary N) is 1. The van der Waals surface area contributed by atoms with Crippen molar-refractivity contribution in [2.45, 2.75) is 32.6 Å². The number of hydrogen-bond donors (Lipinski definition) is 2. The van der Waals surface area contributed by atoms with Crippen molar-refractivity contribution < 1.29 is 9.13 Å². The van der Waals surface area contributed by atoms with E-state index in [1.807, 2.05) is 0 Å². The van der Waals surface area contributed by atoms with Crippen molar-refractivity contribution in [2.24, 2.45) is 5.73 Å². The third-order valence-corrected chi connectivity index (χ3v) is 2.49.